The number of nitrogens with zero attached hydrogens (tertiary/aromatic N) is 4. The third-order valence-corrected chi connectivity index (χ3v) is 4.39. The van der Waals surface area contributed by atoms with E-state index in [0.29, 0.717) is 19.6 Å². The normalized spacial score (nSPS) is 16.3. The van der Waals surface area contributed by atoms with Crippen LogP contribution in [-0.2, 0) is 4.79 Å². The number of carbonyl (C=O) groups is 1. The van der Waals surface area contributed by atoms with Gasteiger partial charge in [0.15, 0.2) is 0 Å². The molecule has 136 valence electrons. The minimum absolute atomic E-state index is 0.179. The standard InChI is InChI=1S/C17H32N6O/c1-3-21(4-2)8-5-7-20-15-16(14-19)17(24)23-12-10-22(9-6-18)11-13-23/h15,20H,3-13,18H2,1-2H3/b16-15-. The summed E-state index contributed by atoms with van der Waals surface area (Å²) in [5.41, 5.74) is 5.74. The van der Waals surface area contributed by atoms with Gasteiger partial charge in [-0.25, -0.2) is 0 Å². The Labute approximate surface area is 146 Å². The van der Waals surface area contributed by atoms with Crippen molar-refractivity contribution in [3.63, 3.8) is 0 Å². The van der Waals surface area contributed by atoms with E-state index in [4.69, 9.17) is 5.73 Å². The summed E-state index contributed by atoms with van der Waals surface area (Å²) in [6, 6.07) is 2.02. The maximum atomic E-state index is 12.4. The smallest absolute Gasteiger partial charge is 0.266 e. The average molecular weight is 336 g/mol. The van der Waals surface area contributed by atoms with Crippen LogP contribution in [-0.4, -0.2) is 86.1 Å². The Bertz CT molecular complexity index is 433. The maximum Gasteiger partial charge on any atom is 0.266 e. The van der Waals surface area contributed by atoms with E-state index in [9.17, 15) is 10.1 Å². The first-order valence-corrected chi connectivity index (χ1v) is 8.93. The van der Waals surface area contributed by atoms with Crippen LogP contribution in [0, 0.1) is 11.3 Å². The van der Waals surface area contributed by atoms with Gasteiger partial charge in [0.1, 0.15) is 11.6 Å². The molecular formula is C17H32N6O. The Hall–Kier alpha value is -1.62. The van der Waals surface area contributed by atoms with Crippen molar-refractivity contribution in [1.29, 1.82) is 5.26 Å². The van der Waals surface area contributed by atoms with Crippen molar-refractivity contribution in [2.75, 3.05) is 65.4 Å². The molecule has 0 bridgehead atoms. The highest BCUT2D eigenvalue weighted by atomic mass is 16.2. The van der Waals surface area contributed by atoms with E-state index in [0.717, 1.165) is 52.2 Å². The van der Waals surface area contributed by atoms with Crippen LogP contribution in [0.5, 0.6) is 0 Å². The van der Waals surface area contributed by atoms with Crippen LogP contribution in [0.15, 0.2) is 11.8 Å². The lowest BCUT2D eigenvalue weighted by Crippen LogP contribution is -2.50. The molecule has 1 aliphatic heterocycles. The first kappa shape index (κ1) is 20.4. The van der Waals surface area contributed by atoms with Crippen LogP contribution >= 0.6 is 0 Å². The van der Waals surface area contributed by atoms with Gasteiger partial charge in [-0.1, -0.05) is 13.8 Å². The molecule has 0 spiro atoms. The molecule has 0 aliphatic carbocycles. The molecule has 1 amide bonds. The summed E-state index contributed by atoms with van der Waals surface area (Å²) >= 11 is 0. The summed E-state index contributed by atoms with van der Waals surface area (Å²) in [6.45, 7) is 12.6. The molecule has 0 radical (unpaired) electrons. The molecule has 0 saturated carbocycles. The lowest BCUT2D eigenvalue weighted by Gasteiger charge is -2.34. The topological polar surface area (TPSA) is 88.6 Å². The van der Waals surface area contributed by atoms with Gasteiger partial charge in [0, 0.05) is 52.0 Å². The van der Waals surface area contributed by atoms with Gasteiger partial charge in [0.05, 0.1) is 0 Å². The first-order chi connectivity index (χ1) is 11.7. The second-order valence-electron chi connectivity index (χ2n) is 5.93. The summed E-state index contributed by atoms with van der Waals surface area (Å²) in [5.74, 6) is -0.179. The van der Waals surface area contributed by atoms with E-state index in [2.05, 4.69) is 29.0 Å². The van der Waals surface area contributed by atoms with Gasteiger partial charge in [-0.05, 0) is 26.1 Å². The largest absolute Gasteiger partial charge is 0.390 e. The predicted molar refractivity (Wildman–Crippen MR) is 96.2 cm³/mol. The fourth-order valence-electron chi connectivity index (χ4n) is 2.79. The van der Waals surface area contributed by atoms with Crippen LogP contribution in [0.1, 0.15) is 20.3 Å². The second kappa shape index (κ2) is 11.8. The van der Waals surface area contributed by atoms with E-state index >= 15 is 0 Å². The van der Waals surface area contributed by atoms with Crippen molar-refractivity contribution < 1.29 is 4.79 Å². The Balaban J connectivity index is 2.37. The quantitative estimate of drug-likeness (QED) is 0.327. The third-order valence-electron chi connectivity index (χ3n) is 4.39. The summed E-state index contributed by atoms with van der Waals surface area (Å²) in [7, 11) is 0. The van der Waals surface area contributed by atoms with Crippen molar-refractivity contribution in [3.05, 3.63) is 11.8 Å². The van der Waals surface area contributed by atoms with Gasteiger partial charge in [0.25, 0.3) is 5.91 Å². The summed E-state index contributed by atoms with van der Waals surface area (Å²) in [5, 5.41) is 12.3. The van der Waals surface area contributed by atoms with Gasteiger partial charge in [-0.2, -0.15) is 5.26 Å². The molecule has 7 nitrogen and oxygen atoms in total. The summed E-state index contributed by atoms with van der Waals surface area (Å²) < 4.78 is 0. The molecule has 1 aliphatic rings. The fourth-order valence-corrected chi connectivity index (χ4v) is 2.79. The molecule has 1 heterocycles. The predicted octanol–water partition coefficient (Wildman–Crippen LogP) is -0.182. The average Bonchev–Trinajstić information content (AvgIpc) is 2.62. The zero-order valence-electron chi connectivity index (χ0n) is 15.1. The summed E-state index contributed by atoms with van der Waals surface area (Å²) in [4.78, 5) is 18.7. The zero-order valence-corrected chi connectivity index (χ0v) is 15.1. The molecule has 1 fully saturated rings. The van der Waals surface area contributed by atoms with Crippen LogP contribution < -0.4 is 11.1 Å². The van der Waals surface area contributed by atoms with Crippen LogP contribution in [0.3, 0.4) is 0 Å². The second-order valence-corrected chi connectivity index (χ2v) is 5.93. The first-order valence-electron chi connectivity index (χ1n) is 8.93. The lowest BCUT2D eigenvalue weighted by atomic mass is 10.2. The molecule has 1 saturated heterocycles. The molecular weight excluding hydrogens is 304 g/mol. The highest BCUT2D eigenvalue weighted by molar-refractivity contribution is 5.97. The number of hydrogen-bond acceptors (Lipinski definition) is 6. The molecule has 0 aromatic heterocycles. The van der Waals surface area contributed by atoms with Gasteiger partial charge >= 0.3 is 0 Å². The van der Waals surface area contributed by atoms with Crippen molar-refractivity contribution >= 4 is 5.91 Å². The monoisotopic (exact) mass is 336 g/mol. The number of piperazine rings is 1. The van der Waals surface area contributed by atoms with Crippen LogP contribution in [0.2, 0.25) is 0 Å². The van der Waals surface area contributed by atoms with Gasteiger partial charge < -0.3 is 20.9 Å². The molecule has 7 heteroatoms. The van der Waals surface area contributed by atoms with E-state index in [-0.39, 0.29) is 11.5 Å². The molecule has 1 rings (SSSR count). The molecule has 24 heavy (non-hydrogen) atoms. The summed E-state index contributed by atoms with van der Waals surface area (Å²) in [6.07, 6.45) is 2.56. The number of hydrogen-bond donors (Lipinski definition) is 2. The van der Waals surface area contributed by atoms with E-state index in [1.807, 2.05) is 6.07 Å². The highest BCUT2D eigenvalue weighted by Gasteiger charge is 2.23. The van der Waals surface area contributed by atoms with E-state index in [1.165, 1.54) is 0 Å². The van der Waals surface area contributed by atoms with Gasteiger partial charge in [0.2, 0.25) is 0 Å². The number of nitrogens with two attached hydrogens (primary N) is 1. The Morgan fingerprint density at radius 3 is 2.50 bits per heavy atom. The third kappa shape index (κ3) is 6.87. The Morgan fingerprint density at radius 2 is 1.96 bits per heavy atom. The Kier molecular flexibility index (Phi) is 10.1. The molecule has 3 N–H and O–H groups in total. The van der Waals surface area contributed by atoms with Crippen molar-refractivity contribution in [1.82, 2.24) is 20.0 Å². The lowest BCUT2D eigenvalue weighted by molar-refractivity contribution is -0.128. The molecule has 0 aromatic rings. The number of nitrogens with one attached hydrogen (secondary N) is 1. The van der Waals surface area contributed by atoms with Crippen LogP contribution in [0.25, 0.3) is 0 Å². The van der Waals surface area contributed by atoms with Crippen LogP contribution in [0.4, 0.5) is 0 Å². The molecule has 0 aromatic carbocycles. The van der Waals surface area contributed by atoms with Gasteiger partial charge in [-0.15, -0.1) is 0 Å². The number of carbonyl (C=O) groups excluding carboxylic acids is 1. The fraction of sp³-hybridized carbons (Fsp3) is 0.765. The van der Waals surface area contributed by atoms with Crippen molar-refractivity contribution in [3.8, 4) is 6.07 Å². The minimum Gasteiger partial charge on any atom is -0.390 e. The van der Waals surface area contributed by atoms with Crippen molar-refractivity contribution in [2.45, 2.75) is 20.3 Å². The van der Waals surface area contributed by atoms with E-state index < -0.39 is 0 Å². The maximum absolute atomic E-state index is 12.4. The highest BCUT2D eigenvalue weighted by Crippen LogP contribution is 2.06. The molecule has 0 atom stereocenters. The SMILES string of the molecule is CCN(CC)CCCN/C=C(/C#N)C(=O)N1CCN(CCN)CC1. The number of rotatable bonds is 10. The van der Waals surface area contributed by atoms with Crippen molar-refractivity contribution in [2.24, 2.45) is 5.73 Å². The zero-order chi connectivity index (χ0) is 17.8. The molecule has 0 unspecified atom stereocenters. The van der Waals surface area contributed by atoms with E-state index in [1.54, 1.807) is 11.1 Å². The van der Waals surface area contributed by atoms with Gasteiger partial charge in [-0.3, -0.25) is 9.69 Å². The minimum atomic E-state index is -0.179. The number of nitriles is 1. The Morgan fingerprint density at radius 1 is 1.29 bits per heavy atom. The number of amides is 1.